The van der Waals surface area contributed by atoms with E-state index in [-0.39, 0.29) is 5.92 Å². The lowest BCUT2D eigenvalue weighted by Gasteiger charge is -2.27. The van der Waals surface area contributed by atoms with E-state index in [2.05, 4.69) is 6.58 Å². The number of rotatable bonds is 2. The van der Waals surface area contributed by atoms with E-state index < -0.39 is 23.4 Å². The maximum atomic E-state index is 13.5. The number of halogens is 5. The SMILES string of the molecule is C=C[C@H]1CC[C@H](c2cc(F)c(C(F)(F)F)c(F)c2)CC1. The number of alkyl halides is 3. The van der Waals surface area contributed by atoms with Crippen LogP contribution in [0.4, 0.5) is 22.0 Å². The van der Waals surface area contributed by atoms with Crippen molar-refractivity contribution in [2.24, 2.45) is 5.92 Å². The molecular formula is C15H15F5. The number of benzene rings is 1. The normalized spacial score (nSPS) is 23.6. The van der Waals surface area contributed by atoms with Gasteiger partial charge < -0.3 is 0 Å². The van der Waals surface area contributed by atoms with Crippen molar-refractivity contribution < 1.29 is 22.0 Å². The molecule has 110 valence electrons. The fourth-order valence-electron chi connectivity index (χ4n) is 2.79. The summed E-state index contributed by atoms with van der Waals surface area (Å²) < 4.78 is 64.5. The molecule has 0 unspecified atom stereocenters. The predicted molar refractivity (Wildman–Crippen MR) is 66.3 cm³/mol. The Bertz CT molecular complexity index is 472. The zero-order chi connectivity index (χ0) is 14.9. The van der Waals surface area contributed by atoms with Gasteiger partial charge in [0.1, 0.15) is 17.2 Å². The van der Waals surface area contributed by atoms with E-state index in [1.165, 1.54) is 0 Å². The maximum absolute atomic E-state index is 13.5. The Morgan fingerprint density at radius 1 is 1.00 bits per heavy atom. The van der Waals surface area contributed by atoms with Crippen LogP contribution < -0.4 is 0 Å². The van der Waals surface area contributed by atoms with Gasteiger partial charge in [0.25, 0.3) is 0 Å². The first-order valence-electron chi connectivity index (χ1n) is 6.51. The smallest absolute Gasteiger partial charge is 0.206 e. The van der Waals surface area contributed by atoms with Crippen LogP contribution in [0.25, 0.3) is 0 Å². The topological polar surface area (TPSA) is 0 Å². The van der Waals surface area contributed by atoms with Crippen molar-refractivity contribution in [3.63, 3.8) is 0 Å². The predicted octanol–water partition coefficient (Wildman–Crippen LogP) is 5.44. The molecule has 0 aliphatic heterocycles. The summed E-state index contributed by atoms with van der Waals surface area (Å²) in [5, 5.41) is 0. The van der Waals surface area contributed by atoms with Crippen molar-refractivity contribution in [3.8, 4) is 0 Å². The molecule has 1 aromatic rings. The van der Waals surface area contributed by atoms with E-state index in [0.717, 1.165) is 25.0 Å². The highest BCUT2D eigenvalue weighted by atomic mass is 19.4. The molecule has 0 spiro atoms. The van der Waals surface area contributed by atoms with E-state index in [4.69, 9.17) is 0 Å². The van der Waals surface area contributed by atoms with Gasteiger partial charge in [-0.15, -0.1) is 6.58 Å². The third-order valence-corrected chi connectivity index (χ3v) is 3.92. The third kappa shape index (κ3) is 3.02. The molecule has 1 fully saturated rings. The summed E-state index contributed by atoms with van der Waals surface area (Å²) in [6, 6.07) is 1.65. The molecule has 0 saturated heterocycles. The van der Waals surface area contributed by atoms with Crippen molar-refractivity contribution >= 4 is 0 Å². The van der Waals surface area contributed by atoms with Crippen LogP contribution in [0.15, 0.2) is 24.8 Å². The molecule has 0 radical (unpaired) electrons. The molecule has 2 rings (SSSR count). The average molecular weight is 290 g/mol. The van der Waals surface area contributed by atoms with Crippen molar-refractivity contribution in [3.05, 3.63) is 47.5 Å². The Hall–Kier alpha value is -1.39. The van der Waals surface area contributed by atoms with Crippen molar-refractivity contribution in [1.82, 2.24) is 0 Å². The monoisotopic (exact) mass is 290 g/mol. The highest BCUT2D eigenvalue weighted by Gasteiger charge is 2.38. The molecule has 20 heavy (non-hydrogen) atoms. The zero-order valence-electron chi connectivity index (χ0n) is 10.8. The molecule has 0 bridgehead atoms. The van der Waals surface area contributed by atoms with Crippen molar-refractivity contribution in [2.45, 2.75) is 37.8 Å². The Morgan fingerprint density at radius 2 is 1.50 bits per heavy atom. The van der Waals surface area contributed by atoms with Crippen LogP contribution >= 0.6 is 0 Å². The lowest BCUT2D eigenvalue weighted by molar-refractivity contribution is -0.142. The number of hydrogen-bond donors (Lipinski definition) is 0. The van der Waals surface area contributed by atoms with Crippen LogP contribution in [0.1, 0.15) is 42.7 Å². The minimum absolute atomic E-state index is 0.0857. The highest BCUT2D eigenvalue weighted by Crippen LogP contribution is 2.39. The van der Waals surface area contributed by atoms with Gasteiger partial charge in [-0.2, -0.15) is 13.2 Å². The zero-order valence-corrected chi connectivity index (χ0v) is 10.8. The number of allylic oxidation sites excluding steroid dienone is 1. The van der Waals surface area contributed by atoms with Gasteiger partial charge in [0.05, 0.1) is 0 Å². The van der Waals surface area contributed by atoms with Crippen LogP contribution in [-0.4, -0.2) is 0 Å². The van der Waals surface area contributed by atoms with Crippen LogP contribution in [-0.2, 0) is 6.18 Å². The summed E-state index contributed by atoms with van der Waals surface area (Å²) in [5.74, 6) is -2.76. The standard InChI is InChI=1S/C15H15F5/c1-2-9-3-5-10(6-4-9)11-7-12(16)14(13(17)8-11)15(18,19)20/h2,7-10H,1,3-6H2/t9-,10-. The van der Waals surface area contributed by atoms with Gasteiger partial charge in [0.15, 0.2) is 0 Å². The van der Waals surface area contributed by atoms with Crippen LogP contribution in [0.3, 0.4) is 0 Å². The largest absolute Gasteiger partial charge is 0.422 e. The molecule has 0 nitrogen and oxygen atoms in total. The number of hydrogen-bond acceptors (Lipinski definition) is 0. The molecule has 0 aromatic heterocycles. The Balaban J connectivity index is 2.25. The Kier molecular flexibility index (Phi) is 4.16. The fraction of sp³-hybridized carbons (Fsp3) is 0.467. The first kappa shape index (κ1) is 15.0. The van der Waals surface area contributed by atoms with E-state index >= 15 is 0 Å². The highest BCUT2D eigenvalue weighted by molar-refractivity contribution is 5.30. The van der Waals surface area contributed by atoms with Gasteiger partial charge in [-0.1, -0.05) is 6.08 Å². The summed E-state index contributed by atoms with van der Waals surface area (Å²) in [6.07, 6.45) is -0.0456. The summed E-state index contributed by atoms with van der Waals surface area (Å²) in [4.78, 5) is 0. The average Bonchev–Trinajstić information content (AvgIpc) is 2.36. The summed E-state index contributed by atoms with van der Waals surface area (Å²) in [7, 11) is 0. The molecule has 1 saturated carbocycles. The molecule has 1 aliphatic carbocycles. The molecule has 5 heteroatoms. The van der Waals surface area contributed by atoms with Crippen LogP contribution in [0.2, 0.25) is 0 Å². The molecule has 0 N–H and O–H groups in total. The Labute approximate surface area is 114 Å². The van der Waals surface area contributed by atoms with Crippen molar-refractivity contribution in [1.29, 1.82) is 0 Å². The Morgan fingerprint density at radius 3 is 1.90 bits per heavy atom. The van der Waals surface area contributed by atoms with Gasteiger partial charge in [-0.3, -0.25) is 0 Å². The lowest BCUT2D eigenvalue weighted by atomic mass is 9.78. The first-order chi connectivity index (χ1) is 9.32. The quantitative estimate of drug-likeness (QED) is 0.502. The van der Waals surface area contributed by atoms with Gasteiger partial charge in [0.2, 0.25) is 0 Å². The van der Waals surface area contributed by atoms with Crippen molar-refractivity contribution in [2.75, 3.05) is 0 Å². The van der Waals surface area contributed by atoms with E-state index in [9.17, 15) is 22.0 Å². The summed E-state index contributed by atoms with van der Waals surface area (Å²) in [5.41, 5.74) is -1.49. The van der Waals surface area contributed by atoms with Gasteiger partial charge in [-0.25, -0.2) is 8.78 Å². The minimum atomic E-state index is -5.01. The maximum Gasteiger partial charge on any atom is 0.422 e. The van der Waals surface area contributed by atoms with E-state index in [1.807, 2.05) is 6.08 Å². The molecule has 0 amide bonds. The van der Waals surface area contributed by atoms with Crippen LogP contribution in [0.5, 0.6) is 0 Å². The minimum Gasteiger partial charge on any atom is -0.206 e. The molecule has 1 aliphatic rings. The second-order valence-corrected chi connectivity index (χ2v) is 5.20. The fourth-order valence-corrected chi connectivity index (χ4v) is 2.79. The lowest BCUT2D eigenvalue weighted by Crippen LogP contribution is -2.15. The molecule has 1 aromatic carbocycles. The first-order valence-corrected chi connectivity index (χ1v) is 6.51. The summed E-state index contributed by atoms with van der Waals surface area (Å²) in [6.45, 7) is 3.70. The van der Waals surface area contributed by atoms with E-state index in [1.54, 1.807) is 0 Å². The van der Waals surface area contributed by atoms with Gasteiger partial charge in [0, 0.05) is 0 Å². The van der Waals surface area contributed by atoms with Gasteiger partial charge >= 0.3 is 6.18 Å². The molecule has 0 heterocycles. The van der Waals surface area contributed by atoms with Gasteiger partial charge in [-0.05, 0) is 55.2 Å². The molecule has 0 atom stereocenters. The summed E-state index contributed by atoms with van der Waals surface area (Å²) >= 11 is 0. The van der Waals surface area contributed by atoms with Crippen LogP contribution in [0, 0.1) is 17.6 Å². The second kappa shape index (κ2) is 5.54. The third-order valence-electron chi connectivity index (χ3n) is 3.92. The second-order valence-electron chi connectivity index (χ2n) is 5.20. The molecular weight excluding hydrogens is 275 g/mol. The van der Waals surface area contributed by atoms with E-state index in [0.29, 0.717) is 24.3 Å².